The van der Waals surface area contributed by atoms with Gasteiger partial charge >= 0.3 is 12.4 Å². The number of amides is 1. The largest absolute Gasteiger partial charge is 0.416 e. The SMILES string of the molecule is CN(C(=O)C(C)(C)c1cc(C(F)(F)F)cc(C(F)(F)F)c1)c1cnc(N2CC[C@H](N(C)C)C2)cc1-c1ccccc1Cl. The molecule has 2 aromatic carbocycles. The number of pyridine rings is 1. The molecule has 0 saturated carbocycles. The quantitative estimate of drug-likeness (QED) is 0.270. The van der Waals surface area contributed by atoms with Crippen molar-refractivity contribution in [3.63, 3.8) is 0 Å². The molecule has 0 unspecified atom stereocenters. The summed E-state index contributed by atoms with van der Waals surface area (Å²) in [5.41, 5.74) is -3.73. The normalized spacial score (nSPS) is 16.3. The van der Waals surface area contributed by atoms with Crippen LogP contribution in [-0.2, 0) is 22.6 Å². The van der Waals surface area contributed by atoms with Crippen LogP contribution in [0.5, 0.6) is 0 Å². The summed E-state index contributed by atoms with van der Waals surface area (Å²) in [6, 6.07) is 10.3. The van der Waals surface area contributed by atoms with Crippen molar-refractivity contribution in [2.45, 2.75) is 44.1 Å². The third kappa shape index (κ3) is 6.36. The van der Waals surface area contributed by atoms with Gasteiger partial charge in [-0.2, -0.15) is 26.3 Å². The highest BCUT2D eigenvalue weighted by atomic mass is 35.5. The molecule has 0 radical (unpaired) electrons. The number of benzene rings is 2. The van der Waals surface area contributed by atoms with E-state index >= 15 is 0 Å². The summed E-state index contributed by atoms with van der Waals surface area (Å²) in [6.07, 6.45) is -7.67. The first-order valence-electron chi connectivity index (χ1n) is 13.2. The van der Waals surface area contributed by atoms with E-state index in [-0.39, 0.29) is 6.07 Å². The number of likely N-dealkylation sites (N-methyl/N-ethyl adjacent to an activating group) is 2. The number of nitrogens with zero attached hydrogens (tertiary/aromatic N) is 4. The first-order valence-corrected chi connectivity index (χ1v) is 13.5. The molecule has 4 rings (SSSR count). The van der Waals surface area contributed by atoms with Gasteiger partial charge in [0.15, 0.2) is 0 Å². The second-order valence-electron chi connectivity index (χ2n) is 11.2. The molecule has 0 N–H and O–H groups in total. The van der Waals surface area contributed by atoms with E-state index < -0.39 is 40.4 Å². The van der Waals surface area contributed by atoms with Crippen LogP contribution in [0.1, 0.15) is 37.0 Å². The smallest absolute Gasteiger partial charge is 0.355 e. The molecule has 5 nitrogen and oxygen atoms in total. The Morgan fingerprint density at radius 2 is 1.48 bits per heavy atom. The molecule has 2 heterocycles. The van der Waals surface area contributed by atoms with Gasteiger partial charge in [0.05, 0.1) is 28.4 Å². The maximum Gasteiger partial charge on any atom is 0.416 e. The van der Waals surface area contributed by atoms with Crippen LogP contribution in [0.4, 0.5) is 37.8 Å². The van der Waals surface area contributed by atoms with Crippen LogP contribution in [0, 0.1) is 0 Å². The van der Waals surface area contributed by atoms with E-state index in [4.69, 9.17) is 11.6 Å². The van der Waals surface area contributed by atoms with Crippen molar-refractivity contribution in [1.29, 1.82) is 0 Å². The van der Waals surface area contributed by atoms with E-state index in [0.29, 0.717) is 45.8 Å². The van der Waals surface area contributed by atoms with Crippen molar-refractivity contribution in [3.05, 3.63) is 76.4 Å². The highest BCUT2D eigenvalue weighted by molar-refractivity contribution is 6.33. The summed E-state index contributed by atoms with van der Waals surface area (Å²) in [5.74, 6) is -0.0718. The van der Waals surface area contributed by atoms with Gasteiger partial charge < -0.3 is 14.7 Å². The van der Waals surface area contributed by atoms with Gasteiger partial charge in [0, 0.05) is 42.3 Å². The lowest BCUT2D eigenvalue weighted by atomic mass is 9.81. The minimum atomic E-state index is -5.04. The molecule has 1 aliphatic heterocycles. The lowest BCUT2D eigenvalue weighted by Crippen LogP contribution is -2.42. The van der Waals surface area contributed by atoms with Crippen molar-refractivity contribution in [1.82, 2.24) is 9.88 Å². The second-order valence-corrected chi connectivity index (χ2v) is 11.6. The molecular formula is C30H31ClF6N4O. The highest BCUT2D eigenvalue weighted by Gasteiger charge is 2.41. The molecule has 12 heteroatoms. The van der Waals surface area contributed by atoms with Crippen molar-refractivity contribution in [3.8, 4) is 11.1 Å². The summed E-state index contributed by atoms with van der Waals surface area (Å²) < 4.78 is 81.4. The first-order chi connectivity index (χ1) is 19.4. The van der Waals surface area contributed by atoms with Crippen LogP contribution in [0.2, 0.25) is 5.02 Å². The third-order valence-electron chi connectivity index (χ3n) is 7.76. The van der Waals surface area contributed by atoms with Crippen LogP contribution >= 0.6 is 11.6 Å². The Morgan fingerprint density at radius 1 is 0.905 bits per heavy atom. The Bertz CT molecular complexity index is 1440. The van der Waals surface area contributed by atoms with Gasteiger partial charge in [0.2, 0.25) is 5.91 Å². The third-order valence-corrected chi connectivity index (χ3v) is 8.09. The maximum atomic E-state index is 13.9. The predicted molar refractivity (Wildman–Crippen MR) is 152 cm³/mol. The zero-order valence-corrected chi connectivity index (χ0v) is 24.5. The van der Waals surface area contributed by atoms with Gasteiger partial charge in [0.1, 0.15) is 5.82 Å². The fourth-order valence-electron chi connectivity index (χ4n) is 5.11. The van der Waals surface area contributed by atoms with E-state index in [0.717, 1.165) is 19.5 Å². The van der Waals surface area contributed by atoms with E-state index in [1.165, 1.54) is 32.0 Å². The van der Waals surface area contributed by atoms with E-state index in [1.807, 2.05) is 14.1 Å². The predicted octanol–water partition coefficient (Wildman–Crippen LogP) is 7.52. The molecule has 226 valence electrons. The average molecular weight is 613 g/mol. The molecule has 1 saturated heterocycles. The second kappa shape index (κ2) is 11.4. The van der Waals surface area contributed by atoms with Gasteiger partial charge in [-0.15, -0.1) is 0 Å². The Morgan fingerprint density at radius 3 is 2.00 bits per heavy atom. The summed E-state index contributed by atoms with van der Waals surface area (Å²) in [5, 5.41) is 0.399. The molecule has 1 aliphatic rings. The summed E-state index contributed by atoms with van der Waals surface area (Å²) in [6.45, 7) is 4.09. The van der Waals surface area contributed by atoms with Gasteiger partial charge in [-0.05, 0) is 70.3 Å². The molecule has 0 aliphatic carbocycles. The minimum absolute atomic E-state index is 0.0468. The molecular weight excluding hydrogens is 582 g/mol. The number of rotatable bonds is 6. The zero-order chi connectivity index (χ0) is 31.2. The van der Waals surface area contributed by atoms with E-state index in [1.54, 1.807) is 30.3 Å². The fourth-order valence-corrected chi connectivity index (χ4v) is 5.35. The summed E-state index contributed by atoms with van der Waals surface area (Å²) in [4.78, 5) is 23.9. The standard InChI is InChI=1S/C30H31ClF6N4O/c1-28(2,18-12-19(29(32,33)34)14-20(13-18)30(35,36)37)27(42)40(5)25-16-38-26(41-11-10-21(17-41)39(3)4)15-23(25)22-8-6-7-9-24(22)31/h6-9,12-16,21H,10-11,17H2,1-5H3/t21-/m0/s1. The molecule has 1 fully saturated rings. The molecule has 42 heavy (non-hydrogen) atoms. The Hall–Kier alpha value is -3.31. The molecule has 0 bridgehead atoms. The van der Waals surface area contributed by atoms with Gasteiger partial charge in [-0.1, -0.05) is 29.8 Å². The summed E-state index contributed by atoms with van der Waals surface area (Å²) >= 11 is 6.54. The number of hydrogen-bond acceptors (Lipinski definition) is 4. The monoisotopic (exact) mass is 612 g/mol. The number of carbonyl (C=O) groups excluding carboxylic acids is 1. The fraction of sp³-hybridized carbons (Fsp3) is 0.400. The van der Waals surface area contributed by atoms with E-state index in [2.05, 4.69) is 14.8 Å². The number of aromatic nitrogens is 1. The van der Waals surface area contributed by atoms with Crippen molar-refractivity contribution >= 4 is 29.0 Å². The number of hydrogen-bond donors (Lipinski definition) is 0. The van der Waals surface area contributed by atoms with Crippen LogP contribution in [0.3, 0.4) is 0 Å². The van der Waals surface area contributed by atoms with Crippen LogP contribution < -0.4 is 9.80 Å². The van der Waals surface area contributed by atoms with Gasteiger partial charge in [-0.3, -0.25) is 4.79 Å². The molecule has 1 amide bonds. The highest BCUT2D eigenvalue weighted by Crippen LogP contribution is 2.42. The lowest BCUT2D eigenvalue weighted by molar-refractivity contribution is -0.143. The van der Waals surface area contributed by atoms with Crippen LogP contribution in [0.15, 0.2) is 54.7 Å². The number of alkyl halides is 6. The number of carbonyl (C=O) groups is 1. The topological polar surface area (TPSA) is 39.7 Å². The van der Waals surface area contributed by atoms with E-state index in [9.17, 15) is 31.1 Å². The molecule has 1 aromatic heterocycles. The Kier molecular flexibility index (Phi) is 8.59. The van der Waals surface area contributed by atoms with Crippen LogP contribution in [0.25, 0.3) is 11.1 Å². The lowest BCUT2D eigenvalue weighted by Gasteiger charge is -2.32. The first kappa shape index (κ1) is 31.6. The van der Waals surface area contributed by atoms with Crippen molar-refractivity contribution in [2.24, 2.45) is 0 Å². The molecule has 1 atom stereocenters. The van der Waals surface area contributed by atoms with Crippen molar-refractivity contribution < 1.29 is 31.1 Å². The maximum absolute atomic E-state index is 13.9. The zero-order valence-electron chi connectivity index (χ0n) is 23.7. The Labute approximate surface area is 245 Å². The summed E-state index contributed by atoms with van der Waals surface area (Å²) in [7, 11) is 5.42. The van der Waals surface area contributed by atoms with Gasteiger partial charge in [-0.25, -0.2) is 4.98 Å². The minimum Gasteiger partial charge on any atom is -0.355 e. The molecule has 3 aromatic rings. The average Bonchev–Trinajstić information content (AvgIpc) is 3.42. The van der Waals surface area contributed by atoms with Crippen LogP contribution in [-0.4, -0.2) is 56.1 Å². The molecule has 0 spiro atoms. The Balaban J connectivity index is 1.79. The van der Waals surface area contributed by atoms with Crippen molar-refractivity contribution in [2.75, 3.05) is 44.0 Å². The number of halogens is 7. The number of anilines is 2. The van der Waals surface area contributed by atoms with Gasteiger partial charge in [0.25, 0.3) is 0 Å².